The van der Waals surface area contributed by atoms with Crippen LogP contribution in [-0.2, 0) is 48.7 Å². The van der Waals surface area contributed by atoms with Gasteiger partial charge in [0.1, 0.15) is 11.8 Å². The van der Waals surface area contributed by atoms with E-state index in [9.17, 15) is 23.7 Å². The van der Waals surface area contributed by atoms with Gasteiger partial charge in [0, 0.05) is 34.2 Å². The molecule has 2 rings (SSSR count). The van der Waals surface area contributed by atoms with E-state index in [1.165, 1.54) is 7.11 Å². The molecule has 15 heteroatoms. The number of carbonyl (C=O) groups is 4. The van der Waals surface area contributed by atoms with Crippen molar-refractivity contribution in [2.45, 2.75) is 137 Å². The van der Waals surface area contributed by atoms with Crippen molar-refractivity contribution in [1.29, 1.82) is 0 Å². The molecule has 0 aromatic heterocycles. The van der Waals surface area contributed by atoms with E-state index in [-0.39, 0.29) is 61.5 Å². The van der Waals surface area contributed by atoms with Crippen molar-refractivity contribution in [1.82, 2.24) is 25.3 Å². The molecule has 2 N–H and O–H groups in total. The molecule has 1 aromatic rings. The van der Waals surface area contributed by atoms with Gasteiger partial charge in [-0.1, -0.05) is 85.2 Å². The lowest BCUT2D eigenvalue weighted by molar-refractivity contribution is -0.148. The zero-order valence-corrected chi connectivity index (χ0v) is 38.8. The summed E-state index contributed by atoms with van der Waals surface area (Å²) >= 11 is 0. The highest BCUT2D eigenvalue weighted by Crippen LogP contribution is 2.53. The second-order valence-electron chi connectivity index (χ2n) is 16.6. The lowest BCUT2D eigenvalue weighted by Crippen LogP contribution is -2.59. The molecule has 0 unspecified atom stereocenters. The van der Waals surface area contributed by atoms with Crippen molar-refractivity contribution in [2.75, 3.05) is 55.1 Å². The molecule has 1 heterocycles. The molecule has 0 bridgehead atoms. The molecule has 4 amide bonds. The van der Waals surface area contributed by atoms with E-state index in [1.807, 2.05) is 90.9 Å². The van der Waals surface area contributed by atoms with Gasteiger partial charge in [-0.05, 0) is 64.1 Å². The van der Waals surface area contributed by atoms with Crippen molar-refractivity contribution in [2.24, 2.45) is 23.7 Å². The number of nitrogens with one attached hydrogen (secondary N) is 2. The molecule has 0 saturated carbocycles. The maximum absolute atomic E-state index is 14.3. The fourth-order valence-corrected chi connectivity index (χ4v) is 10.2. The SMILES string of the molecule is CCOP(=O)(OCC)[C@H](Cc1ccccc1)NC(=O)[C@H](C)[C@@H](OC)[C@@H]1CCCN1C(=O)C[C@@H](OC)[C@H]([C@@H](C)CC)N(C)C(=O)[C@@H](NC(=O)[C@H](C(C)C)N(C)C)C(C)C. The highest BCUT2D eigenvalue weighted by Gasteiger charge is 2.45. The van der Waals surface area contributed by atoms with E-state index in [4.69, 9.17) is 18.5 Å². The molecule has 332 valence electrons. The molecule has 0 spiro atoms. The van der Waals surface area contributed by atoms with Crippen LogP contribution >= 0.6 is 7.60 Å². The van der Waals surface area contributed by atoms with Gasteiger partial charge in [0.15, 0.2) is 0 Å². The van der Waals surface area contributed by atoms with Gasteiger partial charge in [-0.15, -0.1) is 0 Å². The Balaban J connectivity index is 2.35. The fourth-order valence-electron chi connectivity index (χ4n) is 8.36. The lowest BCUT2D eigenvalue weighted by atomic mass is 9.89. The first-order valence-electron chi connectivity index (χ1n) is 21.1. The normalized spacial score (nSPS) is 19.0. The van der Waals surface area contributed by atoms with Crippen LogP contribution in [-0.4, -0.2) is 136 Å². The standard InChI is InChI=1S/C43H76N5O9P/c1-15-30(8)39(47(12)43(52)37(28(4)5)45-42(51)38(29(6)7)46(10)11)34(54-13)27-36(49)48-25-21-24-33(48)40(55-14)31(9)41(50)44-35(26-32-22-19-18-20-23-32)58(53,56-16-2)57-17-3/h18-20,22-23,28-31,33-35,37-40H,15-17,21,24-27H2,1-14H3,(H,44,50)(H,45,51)/t30-,31+,33-,34+,35+,37-,38-,39-,40+/m0/s1. The third kappa shape index (κ3) is 13.6. The summed E-state index contributed by atoms with van der Waals surface area (Å²) < 4.78 is 37.5. The Morgan fingerprint density at radius 3 is 1.95 bits per heavy atom. The molecule has 0 aliphatic carbocycles. The van der Waals surface area contributed by atoms with Crippen LogP contribution in [0.15, 0.2) is 30.3 Å². The smallest absolute Gasteiger partial charge is 0.353 e. The minimum absolute atomic E-state index is 0.00353. The van der Waals surface area contributed by atoms with Gasteiger partial charge in [0.05, 0.1) is 55.9 Å². The fraction of sp³-hybridized carbons (Fsp3) is 0.767. The first kappa shape index (κ1) is 51.3. The van der Waals surface area contributed by atoms with Crippen LogP contribution in [0.1, 0.15) is 93.6 Å². The molecule has 1 aliphatic heterocycles. The Kier molecular flexibility index (Phi) is 21.6. The Morgan fingerprint density at radius 1 is 0.862 bits per heavy atom. The van der Waals surface area contributed by atoms with Crippen molar-refractivity contribution in [3.8, 4) is 0 Å². The summed E-state index contributed by atoms with van der Waals surface area (Å²) in [6, 6.07) is 7.35. The number of amides is 4. The molecule has 1 aromatic carbocycles. The number of carbonyl (C=O) groups excluding carboxylic acids is 4. The Hall–Kier alpha value is -2.87. The predicted octanol–water partition coefficient (Wildman–Crippen LogP) is 5.58. The second-order valence-corrected chi connectivity index (χ2v) is 18.8. The molecule has 1 aliphatic rings. The minimum atomic E-state index is -3.77. The van der Waals surface area contributed by atoms with Gasteiger partial charge < -0.3 is 39.0 Å². The molecule has 14 nitrogen and oxygen atoms in total. The van der Waals surface area contributed by atoms with E-state index >= 15 is 0 Å². The number of hydrogen-bond acceptors (Lipinski definition) is 10. The van der Waals surface area contributed by atoms with Crippen LogP contribution in [0.2, 0.25) is 0 Å². The highest BCUT2D eigenvalue weighted by molar-refractivity contribution is 7.54. The van der Waals surface area contributed by atoms with Gasteiger partial charge in [-0.3, -0.25) is 28.6 Å². The predicted molar refractivity (Wildman–Crippen MR) is 228 cm³/mol. The van der Waals surface area contributed by atoms with Gasteiger partial charge >= 0.3 is 7.60 Å². The monoisotopic (exact) mass is 838 g/mol. The number of ether oxygens (including phenoxy) is 2. The van der Waals surface area contributed by atoms with Gasteiger partial charge in [0.25, 0.3) is 0 Å². The average molecular weight is 838 g/mol. The zero-order valence-electron chi connectivity index (χ0n) is 37.9. The number of hydrogen-bond donors (Lipinski definition) is 2. The van der Waals surface area contributed by atoms with E-state index in [2.05, 4.69) is 10.6 Å². The summed E-state index contributed by atoms with van der Waals surface area (Å²) in [5.41, 5.74) is 0.861. The molecule has 58 heavy (non-hydrogen) atoms. The summed E-state index contributed by atoms with van der Waals surface area (Å²) in [6.45, 7) is 17.8. The van der Waals surface area contributed by atoms with Gasteiger partial charge in [-0.2, -0.15) is 0 Å². The number of rotatable bonds is 25. The van der Waals surface area contributed by atoms with Crippen molar-refractivity contribution in [3.63, 3.8) is 0 Å². The minimum Gasteiger partial charge on any atom is -0.379 e. The van der Waals surface area contributed by atoms with Crippen LogP contribution < -0.4 is 10.6 Å². The summed E-state index contributed by atoms with van der Waals surface area (Å²) in [6.07, 6.45) is 0.959. The quantitative estimate of drug-likeness (QED) is 0.119. The van der Waals surface area contributed by atoms with Crippen molar-refractivity contribution < 1.29 is 42.3 Å². The third-order valence-corrected chi connectivity index (χ3v) is 13.8. The first-order chi connectivity index (χ1) is 27.3. The van der Waals surface area contributed by atoms with E-state index < -0.39 is 61.6 Å². The maximum Gasteiger partial charge on any atom is 0.353 e. The third-order valence-electron chi connectivity index (χ3n) is 11.5. The average Bonchev–Trinajstić information content (AvgIpc) is 3.66. The molecule has 9 atom stereocenters. The van der Waals surface area contributed by atoms with Crippen LogP contribution in [0, 0.1) is 23.7 Å². The number of benzene rings is 1. The number of likely N-dealkylation sites (N-methyl/N-ethyl adjacent to an activating group) is 2. The molecule has 1 saturated heterocycles. The van der Waals surface area contributed by atoms with Crippen LogP contribution in [0.5, 0.6) is 0 Å². The van der Waals surface area contributed by atoms with Gasteiger partial charge in [0.2, 0.25) is 23.6 Å². The summed E-state index contributed by atoms with van der Waals surface area (Å²) in [5.74, 6) is -2.90. The van der Waals surface area contributed by atoms with Crippen LogP contribution in [0.25, 0.3) is 0 Å². The van der Waals surface area contributed by atoms with Crippen LogP contribution in [0.3, 0.4) is 0 Å². The van der Waals surface area contributed by atoms with Crippen molar-refractivity contribution in [3.05, 3.63) is 35.9 Å². The summed E-state index contributed by atoms with van der Waals surface area (Å²) in [5, 5.41) is 6.02. The van der Waals surface area contributed by atoms with E-state index in [0.717, 1.165) is 18.4 Å². The lowest BCUT2D eigenvalue weighted by Gasteiger charge is -2.41. The Labute approximate surface area is 349 Å². The Bertz CT molecular complexity index is 1460. The summed E-state index contributed by atoms with van der Waals surface area (Å²) in [7, 11) is 4.75. The first-order valence-corrected chi connectivity index (χ1v) is 22.8. The Morgan fingerprint density at radius 2 is 1.47 bits per heavy atom. The molecule has 0 radical (unpaired) electrons. The van der Waals surface area contributed by atoms with Gasteiger partial charge in [-0.25, -0.2) is 0 Å². The molecule has 1 fully saturated rings. The number of methoxy groups -OCH3 is 2. The maximum atomic E-state index is 14.3. The van der Waals surface area contributed by atoms with Crippen molar-refractivity contribution >= 4 is 31.2 Å². The summed E-state index contributed by atoms with van der Waals surface area (Å²) in [4.78, 5) is 61.5. The largest absolute Gasteiger partial charge is 0.379 e. The molecular formula is C43H76N5O9P. The molecular weight excluding hydrogens is 761 g/mol. The van der Waals surface area contributed by atoms with E-state index in [0.29, 0.717) is 13.0 Å². The number of likely N-dealkylation sites (tertiary alicyclic amines) is 1. The second kappa shape index (κ2) is 24.4. The number of nitrogens with zero attached hydrogens (tertiary/aromatic N) is 3. The zero-order chi connectivity index (χ0) is 43.9. The van der Waals surface area contributed by atoms with E-state index in [1.54, 1.807) is 44.7 Å². The topological polar surface area (TPSA) is 156 Å². The highest BCUT2D eigenvalue weighted by atomic mass is 31.2. The van der Waals surface area contributed by atoms with Crippen LogP contribution in [0.4, 0.5) is 0 Å².